The highest BCUT2D eigenvalue weighted by Crippen LogP contribution is 2.36. The van der Waals surface area contributed by atoms with Crippen molar-refractivity contribution in [3.05, 3.63) is 34.3 Å². The molecule has 0 aromatic heterocycles. The first kappa shape index (κ1) is 18.1. The number of nitrogens with one attached hydrogen (secondary N) is 2. The number of aliphatic hydroxyl groups excluding tert-OH is 1. The van der Waals surface area contributed by atoms with Crippen molar-refractivity contribution in [2.75, 3.05) is 13.1 Å². The van der Waals surface area contributed by atoms with Gasteiger partial charge in [0.15, 0.2) is 0 Å². The van der Waals surface area contributed by atoms with Crippen molar-refractivity contribution < 1.29 is 14.7 Å². The maximum Gasteiger partial charge on any atom is 0.216 e. The van der Waals surface area contributed by atoms with E-state index in [9.17, 15) is 14.7 Å². The van der Waals surface area contributed by atoms with Crippen LogP contribution in [0.25, 0.3) is 0 Å². The van der Waals surface area contributed by atoms with Gasteiger partial charge in [-0.25, -0.2) is 0 Å². The average Bonchev–Trinajstić information content (AvgIpc) is 2.53. The van der Waals surface area contributed by atoms with E-state index in [0.29, 0.717) is 19.4 Å². The fourth-order valence-electron chi connectivity index (χ4n) is 2.96. The van der Waals surface area contributed by atoms with E-state index in [-0.39, 0.29) is 23.8 Å². The summed E-state index contributed by atoms with van der Waals surface area (Å²) < 4.78 is 0.992. The number of aliphatic hydroxyl groups is 1. The van der Waals surface area contributed by atoms with Crippen LogP contribution in [-0.2, 0) is 15.1 Å². The van der Waals surface area contributed by atoms with E-state index in [4.69, 9.17) is 0 Å². The van der Waals surface area contributed by atoms with Gasteiger partial charge in [-0.05, 0) is 30.5 Å². The molecule has 3 N–H and O–H groups in total. The Morgan fingerprint density at radius 1 is 1.35 bits per heavy atom. The Balaban J connectivity index is 2.09. The van der Waals surface area contributed by atoms with Crippen LogP contribution in [0.2, 0.25) is 0 Å². The van der Waals surface area contributed by atoms with E-state index in [1.165, 1.54) is 6.92 Å². The Labute approximate surface area is 145 Å². The van der Waals surface area contributed by atoms with Gasteiger partial charge in [-0.15, -0.1) is 0 Å². The topological polar surface area (TPSA) is 78.4 Å². The van der Waals surface area contributed by atoms with Crippen molar-refractivity contribution in [2.24, 2.45) is 0 Å². The van der Waals surface area contributed by atoms with Gasteiger partial charge in [0.2, 0.25) is 5.91 Å². The normalized spacial score (nSPS) is 18.5. The highest BCUT2D eigenvalue weighted by Gasteiger charge is 2.36. The van der Waals surface area contributed by atoms with Gasteiger partial charge < -0.3 is 15.7 Å². The number of rotatable bonds is 6. The molecular formula is C17H23BrN2O3. The van der Waals surface area contributed by atoms with Crippen LogP contribution in [0.4, 0.5) is 0 Å². The lowest BCUT2D eigenvalue weighted by Gasteiger charge is -2.39. The summed E-state index contributed by atoms with van der Waals surface area (Å²) in [5, 5.41) is 16.1. The summed E-state index contributed by atoms with van der Waals surface area (Å²) in [6, 6.07) is 8.06. The van der Waals surface area contributed by atoms with E-state index >= 15 is 0 Å². The van der Waals surface area contributed by atoms with Crippen LogP contribution in [-0.4, -0.2) is 36.0 Å². The first-order valence-corrected chi connectivity index (χ1v) is 8.66. The number of carbonyl (C=O) groups excluding carboxylic acids is 2. The largest absolute Gasteiger partial charge is 0.390 e. The van der Waals surface area contributed by atoms with Gasteiger partial charge in [-0.2, -0.15) is 0 Å². The molecule has 2 rings (SSSR count). The third-order valence-corrected chi connectivity index (χ3v) is 4.79. The fraction of sp³-hybridized carbons (Fsp3) is 0.529. The molecule has 1 unspecified atom stereocenters. The first-order valence-electron chi connectivity index (χ1n) is 7.86. The van der Waals surface area contributed by atoms with Gasteiger partial charge in [-0.1, -0.05) is 28.1 Å². The Bertz CT molecular complexity index is 567. The summed E-state index contributed by atoms with van der Waals surface area (Å²) >= 11 is 3.49. The molecule has 0 aliphatic heterocycles. The van der Waals surface area contributed by atoms with Crippen molar-refractivity contribution >= 4 is 27.6 Å². The average molecular weight is 383 g/mol. The minimum atomic E-state index is -0.666. The van der Waals surface area contributed by atoms with Crippen molar-refractivity contribution in [3.8, 4) is 0 Å². The molecule has 0 saturated heterocycles. The van der Waals surface area contributed by atoms with Crippen LogP contribution >= 0.6 is 15.9 Å². The van der Waals surface area contributed by atoms with E-state index in [1.807, 2.05) is 18.2 Å². The molecule has 23 heavy (non-hydrogen) atoms. The summed E-state index contributed by atoms with van der Waals surface area (Å²) in [5.74, 6) is 0.130. The predicted molar refractivity (Wildman–Crippen MR) is 92.0 cm³/mol. The molecule has 1 aromatic carbocycles. The van der Waals surface area contributed by atoms with Crippen molar-refractivity contribution in [3.63, 3.8) is 0 Å². The first-order chi connectivity index (χ1) is 10.9. The summed E-state index contributed by atoms with van der Waals surface area (Å²) in [6.07, 6.45) is 1.85. The van der Waals surface area contributed by atoms with Crippen LogP contribution in [0.5, 0.6) is 0 Å². The molecule has 6 heteroatoms. The molecule has 126 valence electrons. The van der Waals surface area contributed by atoms with E-state index in [1.54, 1.807) is 0 Å². The standard InChI is InChI=1S/C17H23BrN2O3/c1-12(21)19-10-16(23)11-20-17(7-5-15(22)6-8-17)13-3-2-4-14(18)9-13/h2-4,9,16,20,23H,5-8,10-11H2,1H3,(H,19,21). The Hall–Kier alpha value is -1.24. The van der Waals surface area contributed by atoms with E-state index in [0.717, 1.165) is 22.9 Å². The predicted octanol–water partition coefficient (Wildman–Crippen LogP) is 1.87. The van der Waals surface area contributed by atoms with Crippen molar-refractivity contribution in [1.29, 1.82) is 0 Å². The highest BCUT2D eigenvalue weighted by molar-refractivity contribution is 9.10. The van der Waals surface area contributed by atoms with Crippen LogP contribution < -0.4 is 10.6 Å². The number of hydrogen-bond acceptors (Lipinski definition) is 4. The molecular weight excluding hydrogens is 360 g/mol. The van der Waals surface area contributed by atoms with Crippen LogP contribution in [0.15, 0.2) is 28.7 Å². The second kappa shape index (κ2) is 8.04. The quantitative estimate of drug-likeness (QED) is 0.701. The van der Waals surface area contributed by atoms with Crippen molar-refractivity contribution in [2.45, 2.75) is 44.2 Å². The summed E-state index contributed by atoms with van der Waals surface area (Å²) in [4.78, 5) is 22.6. The van der Waals surface area contributed by atoms with Crippen LogP contribution in [0.1, 0.15) is 38.2 Å². The second-order valence-electron chi connectivity index (χ2n) is 6.10. The Kier molecular flexibility index (Phi) is 6.33. The number of Topliss-reactive ketones (excluding diaryl/α,β-unsaturated/α-hetero) is 1. The van der Waals surface area contributed by atoms with Crippen LogP contribution in [0.3, 0.4) is 0 Å². The SMILES string of the molecule is CC(=O)NCC(O)CNC1(c2cccc(Br)c2)CCC(=O)CC1. The highest BCUT2D eigenvalue weighted by atomic mass is 79.9. The van der Waals surface area contributed by atoms with E-state index in [2.05, 4.69) is 32.6 Å². The summed E-state index contributed by atoms with van der Waals surface area (Å²) in [6.45, 7) is 2.01. The maximum absolute atomic E-state index is 11.6. The van der Waals surface area contributed by atoms with Gasteiger partial charge in [-0.3, -0.25) is 9.59 Å². The smallest absolute Gasteiger partial charge is 0.216 e. The molecule has 0 radical (unpaired) electrons. The lowest BCUT2D eigenvalue weighted by Crippen LogP contribution is -2.49. The zero-order valence-corrected chi connectivity index (χ0v) is 14.9. The lowest BCUT2D eigenvalue weighted by molar-refractivity contribution is -0.122. The van der Waals surface area contributed by atoms with Crippen molar-refractivity contribution in [1.82, 2.24) is 10.6 Å². The van der Waals surface area contributed by atoms with Gasteiger partial charge in [0.25, 0.3) is 0 Å². The Morgan fingerprint density at radius 2 is 2.04 bits per heavy atom. The van der Waals surface area contributed by atoms with Gasteiger partial charge in [0.1, 0.15) is 5.78 Å². The summed E-state index contributed by atoms with van der Waals surface area (Å²) in [7, 11) is 0. The molecule has 0 heterocycles. The zero-order valence-electron chi connectivity index (χ0n) is 13.3. The molecule has 1 atom stereocenters. The molecule has 0 bridgehead atoms. The zero-order chi connectivity index (χ0) is 16.9. The number of halogens is 1. The summed E-state index contributed by atoms with van der Waals surface area (Å²) in [5.41, 5.74) is 0.806. The van der Waals surface area contributed by atoms with E-state index < -0.39 is 6.10 Å². The van der Waals surface area contributed by atoms with Gasteiger partial charge in [0.05, 0.1) is 6.10 Å². The molecule has 1 aliphatic carbocycles. The molecule has 1 amide bonds. The van der Waals surface area contributed by atoms with Gasteiger partial charge in [0, 0.05) is 42.9 Å². The number of carbonyl (C=O) groups is 2. The van der Waals surface area contributed by atoms with Crippen LogP contribution in [0, 0.1) is 0 Å². The lowest BCUT2D eigenvalue weighted by atomic mass is 9.76. The monoisotopic (exact) mass is 382 g/mol. The molecule has 1 aromatic rings. The maximum atomic E-state index is 11.6. The third kappa shape index (κ3) is 5.12. The molecule has 0 spiro atoms. The molecule has 1 aliphatic rings. The second-order valence-corrected chi connectivity index (χ2v) is 7.02. The number of amides is 1. The molecule has 1 saturated carbocycles. The number of hydrogen-bond donors (Lipinski definition) is 3. The molecule has 1 fully saturated rings. The number of benzene rings is 1. The minimum absolute atomic E-state index is 0.158. The third-order valence-electron chi connectivity index (χ3n) is 4.30. The minimum Gasteiger partial charge on any atom is -0.390 e. The molecule has 5 nitrogen and oxygen atoms in total. The fourth-order valence-corrected chi connectivity index (χ4v) is 3.36. The number of ketones is 1. The Morgan fingerprint density at radius 3 is 2.65 bits per heavy atom. The van der Waals surface area contributed by atoms with Gasteiger partial charge >= 0.3 is 0 Å².